The molecule has 3 N–H and O–H groups in total. The summed E-state index contributed by atoms with van der Waals surface area (Å²) < 4.78 is 0. The smallest absolute Gasteiger partial charge is 0.239 e. The second-order valence-corrected chi connectivity index (χ2v) is 7.57. The number of likely N-dealkylation sites (tertiary alicyclic amines) is 1. The zero-order valence-corrected chi connectivity index (χ0v) is 18.3. The fraction of sp³-hybridized carbons (Fsp3) is 0.882. The Morgan fingerprint density at radius 2 is 1.79 bits per heavy atom. The molecule has 0 aliphatic carbocycles. The number of nitrogens with one attached hydrogen (secondary N) is 3. The van der Waals surface area contributed by atoms with Crippen molar-refractivity contribution in [2.75, 3.05) is 39.8 Å². The second-order valence-electron chi connectivity index (χ2n) is 7.57. The van der Waals surface area contributed by atoms with E-state index in [1.807, 2.05) is 20.8 Å². The highest BCUT2D eigenvalue weighted by molar-refractivity contribution is 14.0. The van der Waals surface area contributed by atoms with Crippen LogP contribution in [0.1, 0.15) is 47.0 Å². The Balaban J connectivity index is 0.00000529. The average molecular weight is 453 g/mol. The Kier molecular flexibility index (Phi) is 11.6. The van der Waals surface area contributed by atoms with Gasteiger partial charge in [0.05, 0.1) is 6.54 Å². The highest BCUT2D eigenvalue weighted by Gasteiger charge is 2.15. The van der Waals surface area contributed by atoms with Gasteiger partial charge in [-0.15, -0.1) is 24.0 Å². The highest BCUT2D eigenvalue weighted by atomic mass is 127. The van der Waals surface area contributed by atoms with E-state index in [1.165, 1.54) is 32.4 Å². The first-order valence-electron chi connectivity index (χ1n) is 8.78. The summed E-state index contributed by atoms with van der Waals surface area (Å²) in [5, 5.41) is 9.30. The molecule has 0 spiro atoms. The number of piperidine rings is 1. The minimum absolute atomic E-state index is 0. The average Bonchev–Trinajstić information content (AvgIpc) is 2.46. The number of amides is 1. The van der Waals surface area contributed by atoms with Crippen molar-refractivity contribution in [2.24, 2.45) is 10.9 Å². The topological polar surface area (TPSA) is 68.8 Å². The molecule has 1 fully saturated rings. The van der Waals surface area contributed by atoms with E-state index in [4.69, 9.17) is 0 Å². The van der Waals surface area contributed by atoms with Crippen LogP contribution in [0.15, 0.2) is 4.99 Å². The van der Waals surface area contributed by atoms with Crippen LogP contribution < -0.4 is 16.0 Å². The quantitative estimate of drug-likeness (QED) is 0.326. The third kappa shape index (κ3) is 11.1. The first-order chi connectivity index (χ1) is 10.8. The summed E-state index contributed by atoms with van der Waals surface area (Å²) in [4.78, 5) is 18.5. The van der Waals surface area contributed by atoms with Crippen molar-refractivity contribution >= 4 is 35.8 Å². The minimum Gasteiger partial charge on any atom is -0.356 e. The van der Waals surface area contributed by atoms with Gasteiger partial charge in [0.2, 0.25) is 5.91 Å². The molecule has 6 nitrogen and oxygen atoms in total. The number of rotatable bonds is 6. The summed E-state index contributed by atoms with van der Waals surface area (Å²) in [6.07, 6.45) is 4.02. The van der Waals surface area contributed by atoms with E-state index >= 15 is 0 Å². The number of carbonyl (C=O) groups excluding carboxylic acids is 1. The van der Waals surface area contributed by atoms with Gasteiger partial charge in [-0.05, 0) is 52.6 Å². The van der Waals surface area contributed by atoms with Gasteiger partial charge in [0, 0.05) is 25.7 Å². The Bertz CT molecular complexity index is 389. The van der Waals surface area contributed by atoms with Crippen LogP contribution in [0.4, 0.5) is 0 Å². The monoisotopic (exact) mass is 453 g/mol. The summed E-state index contributed by atoms with van der Waals surface area (Å²) in [5.41, 5.74) is -0.210. The molecule has 24 heavy (non-hydrogen) atoms. The SMILES string of the molecule is CN=C(NCC(=O)NC(C)(C)C)NCC(C)CN1CCCCC1.I. The van der Waals surface area contributed by atoms with Crippen LogP contribution in [0.3, 0.4) is 0 Å². The number of carbonyl (C=O) groups is 1. The molecule has 142 valence electrons. The van der Waals surface area contributed by atoms with Gasteiger partial charge in [-0.2, -0.15) is 0 Å². The van der Waals surface area contributed by atoms with Crippen molar-refractivity contribution in [3.63, 3.8) is 0 Å². The number of nitrogens with zero attached hydrogens (tertiary/aromatic N) is 2. The lowest BCUT2D eigenvalue weighted by atomic mass is 10.1. The van der Waals surface area contributed by atoms with E-state index in [2.05, 4.69) is 32.8 Å². The van der Waals surface area contributed by atoms with Crippen molar-refractivity contribution in [3.8, 4) is 0 Å². The molecule has 1 saturated heterocycles. The zero-order chi connectivity index (χ0) is 17.3. The second kappa shape index (κ2) is 11.9. The van der Waals surface area contributed by atoms with Gasteiger partial charge in [-0.3, -0.25) is 9.79 Å². The largest absolute Gasteiger partial charge is 0.356 e. The van der Waals surface area contributed by atoms with Crippen molar-refractivity contribution < 1.29 is 4.79 Å². The van der Waals surface area contributed by atoms with Crippen LogP contribution in [0, 0.1) is 5.92 Å². The van der Waals surface area contributed by atoms with Crippen molar-refractivity contribution in [2.45, 2.75) is 52.5 Å². The van der Waals surface area contributed by atoms with Gasteiger partial charge < -0.3 is 20.9 Å². The molecule has 1 amide bonds. The highest BCUT2D eigenvalue weighted by Crippen LogP contribution is 2.10. The maximum Gasteiger partial charge on any atom is 0.239 e. The summed E-state index contributed by atoms with van der Waals surface area (Å²) in [5.74, 6) is 1.21. The van der Waals surface area contributed by atoms with E-state index in [0.717, 1.165) is 13.1 Å². The van der Waals surface area contributed by atoms with E-state index in [9.17, 15) is 4.79 Å². The minimum atomic E-state index is -0.210. The summed E-state index contributed by atoms with van der Waals surface area (Å²) in [6, 6.07) is 0. The van der Waals surface area contributed by atoms with Crippen molar-refractivity contribution in [1.29, 1.82) is 0 Å². The Morgan fingerprint density at radius 1 is 1.17 bits per heavy atom. The molecule has 0 saturated carbocycles. The predicted molar refractivity (Wildman–Crippen MR) is 112 cm³/mol. The number of halogens is 1. The standard InChI is InChI=1S/C17H35N5O.HI/c1-14(13-22-9-7-6-8-10-22)11-19-16(18-5)20-12-15(23)21-17(2,3)4;/h14H,6-13H2,1-5H3,(H,21,23)(H2,18,19,20);1H. The molecule has 1 heterocycles. The van der Waals surface area contributed by atoms with E-state index in [-0.39, 0.29) is 42.0 Å². The summed E-state index contributed by atoms with van der Waals surface area (Å²) in [7, 11) is 1.73. The molecular formula is C17H36IN5O. The fourth-order valence-electron chi connectivity index (χ4n) is 2.77. The molecule has 0 aromatic rings. The number of aliphatic imine (C=N–C) groups is 1. The normalized spacial score (nSPS) is 17.6. The van der Waals surface area contributed by atoms with Crippen LogP contribution in [-0.2, 0) is 4.79 Å². The van der Waals surface area contributed by atoms with Gasteiger partial charge in [0.15, 0.2) is 5.96 Å². The van der Waals surface area contributed by atoms with Gasteiger partial charge in [-0.1, -0.05) is 13.3 Å². The number of hydrogen-bond acceptors (Lipinski definition) is 3. The van der Waals surface area contributed by atoms with Gasteiger partial charge in [0.1, 0.15) is 0 Å². The Hall–Kier alpha value is -0.570. The third-order valence-corrected chi connectivity index (χ3v) is 3.79. The molecule has 7 heteroatoms. The molecule has 1 atom stereocenters. The number of hydrogen-bond donors (Lipinski definition) is 3. The molecule has 0 radical (unpaired) electrons. The van der Waals surface area contributed by atoms with Crippen LogP contribution in [0.5, 0.6) is 0 Å². The first-order valence-corrected chi connectivity index (χ1v) is 8.78. The van der Waals surface area contributed by atoms with E-state index in [1.54, 1.807) is 7.05 Å². The predicted octanol–water partition coefficient (Wildman–Crippen LogP) is 1.81. The van der Waals surface area contributed by atoms with Crippen LogP contribution in [-0.4, -0.2) is 62.1 Å². The molecule has 1 aliphatic rings. The van der Waals surface area contributed by atoms with Crippen LogP contribution in [0.25, 0.3) is 0 Å². The maximum atomic E-state index is 11.8. The molecule has 1 unspecified atom stereocenters. The molecule has 1 aliphatic heterocycles. The van der Waals surface area contributed by atoms with Crippen LogP contribution >= 0.6 is 24.0 Å². The van der Waals surface area contributed by atoms with E-state index in [0.29, 0.717) is 11.9 Å². The lowest BCUT2D eigenvalue weighted by Gasteiger charge is -2.29. The van der Waals surface area contributed by atoms with E-state index < -0.39 is 0 Å². The third-order valence-electron chi connectivity index (χ3n) is 3.79. The van der Waals surface area contributed by atoms with Crippen LogP contribution in [0.2, 0.25) is 0 Å². The maximum absolute atomic E-state index is 11.8. The zero-order valence-electron chi connectivity index (χ0n) is 15.9. The molecule has 0 aromatic heterocycles. The molecule has 0 aromatic carbocycles. The van der Waals surface area contributed by atoms with Gasteiger partial charge >= 0.3 is 0 Å². The summed E-state index contributed by atoms with van der Waals surface area (Å²) >= 11 is 0. The molecular weight excluding hydrogens is 417 g/mol. The first kappa shape index (κ1) is 23.4. The Labute approximate surface area is 164 Å². The van der Waals surface area contributed by atoms with Crippen molar-refractivity contribution in [1.82, 2.24) is 20.9 Å². The summed E-state index contributed by atoms with van der Waals surface area (Å²) in [6.45, 7) is 12.8. The lowest BCUT2D eigenvalue weighted by molar-refractivity contribution is -0.121. The number of guanidine groups is 1. The van der Waals surface area contributed by atoms with Gasteiger partial charge in [0.25, 0.3) is 0 Å². The molecule has 1 rings (SSSR count). The van der Waals surface area contributed by atoms with Gasteiger partial charge in [-0.25, -0.2) is 0 Å². The van der Waals surface area contributed by atoms with Crippen molar-refractivity contribution in [3.05, 3.63) is 0 Å². The Morgan fingerprint density at radius 3 is 2.33 bits per heavy atom. The fourth-order valence-corrected chi connectivity index (χ4v) is 2.77. The molecule has 0 bridgehead atoms. The lowest BCUT2D eigenvalue weighted by Crippen LogP contribution is -2.49.